The summed E-state index contributed by atoms with van der Waals surface area (Å²) in [5, 5.41) is 0. The number of anilines is 2. The van der Waals surface area contributed by atoms with Crippen LogP contribution in [-0.4, -0.2) is 48.8 Å². The molecule has 168 valence electrons. The maximum atomic E-state index is 13.9. The molecule has 0 saturated heterocycles. The van der Waals surface area contributed by atoms with Crippen LogP contribution in [0.1, 0.15) is 50.6 Å². The van der Waals surface area contributed by atoms with Crippen molar-refractivity contribution in [1.29, 1.82) is 0 Å². The van der Waals surface area contributed by atoms with E-state index in [1.807, 2.05) is 0 Å². The smallest absolute Gasteiger partial charge is 0.280 e. The van der Waals surface area contributed by atoms with Gasteiger partial charge in [-0.2, -0.15) is 15.0 Å². The summed E-state index contributed by atoms with van der Waals surface area (Å²) in [5.41, 5.74) is 5.19. The zero-order valence-electron chi connectivity index (χ0n) is 16.2. The van der Waals surface area contributed by atoms with Gasteiger partial charge < -0.3 is 10.6 Å². The average Bonchev–Trinajstić information content (AvgIpc) is 3.23. The standard InChI is InChI=1S/C18H19F6N7/c19-12(20)11-3-6-26-13(27-11)14-28-15(25)30-16(29-14)31(9-1-4-17(21,22)7-9)10-2-5-18(23,24)8-10/h3,6,9-10,12H,1-2,4-5,7-8H2,(H2,25,28,29,30). The van der Waals surface area contributed by atoms with Crippen LogP contribution in [0, 0.1) is 0 Å². The van der Waals surface area contributed by atoms with E-state index in [1.54, 1.807) is 0 Å². The molecule has 31 heavy (non-hydrogen) atoms. The van der Waals surface area contributed by atoms with E-state index in [9.17, 15) is 26.3 Å². The molecule has 2 aliphatic carbocycles. The van der Waals surface area contributed by atoms with Crippen LogP contribution in [0.5, 0.6) is 0 Å². The summed E-state index contributed by atoms with van der Waals surface area (Å²) < 4.78 is 81.6. The third kappa shape index (κ3) is 4.64. The number of rotatable bonds is 5. The molecular weight excluding hydrogens is 428 g/mol. The Labute approximate surface area is 173 Å². The van der Waals surface area contributed by atoms with Crippen LogP contribution in [-0.2, 0) is 0 Å². The van der Waals surface area contributed by atoms with Crippen molar-refractivity contribution in [2.45, 2.75) is 68.9 Å². The number of nitrogen functional groups attached to an aromatic ring is 1. The van der Waals surface area contributed by atoms with Crippen molar-refractivity contribution in [3.05, 3.63) is 18.0 Å². The summed E-state index contributed by atoms with van der Waals surface area (Å²) in [6, 6.07) is -0.540. The second-order valence-corrected chi connectivity index (χ2v) is 7.84. The van der Waals surface area contributed by atoms with Gasteiger partial charge in [-0.15, -0.1) is 0 Å². The van der Waals surface area contributed by atoms with E-state index >= 15 is 0 Å². The molecule has 0 amide bonds. The van der Waals surface area contributed by atoms with Gasteiger partial charge in [0.15, 0.2) is 5.82 Å². The van der Waals surface area contributed by atoms with Crippen LogP contribution >= 0.6 is 0 Å². The fourth-order valence-corrected chi connectivity index (χ4v) is 4.15. The Morgan fingerprint density at radius 2 is 1.52 bits per heavy atom. The Hall–Kier alpha value is -2.73. The lowest BCUT2D eigenvalue weighted by Gasteiger charge is -2.34. The maximum absolute atomic E-state index is 13.9. The van der Waals surface area contributed by atoms with Crippen LogP contribution in [0.15, 0.2) is 12.3 Å². The number of nitrogens with zero attached hydrogens (tertiary/aromatic N) is 6. The Balaban J connectivity index is 1.74. The molecule has 7 nitrogen and oxygen atoms in total. The van der Waals surface area contributed by atoms with Crippen LogP contribution in [0.3, 0.4) is 0 Å². The first-order valence-corrected chi connectivity index (χ1v) is 9.70. The minimum absolute atomic E-state index is 0.0629. The van der Waals surface area contributed by atoms with Gasteiger partial charge in [-0.1, -0.05) is 0 Å². The lowest BCUT2D eigenvalue weighted by atomic mass is 10.1. The van der Waals surface area contributed by atoms with Crippen molar-refractivity contribution in [3.8, 4) is 11.6 Å². The Morgan fingerprint density at radius 3 is 2.03 bits per heavy atom. The van der Waals surface area contributed by atoms with Crippen LogP contribution < -0.4 is 10.6 Å². The largest absolute Gasteiger partial charge is 0.368 e. The van der Waals surface area contributed by atoms with Gasteiger partial charge in [0.05, 0.1) is 0 Å². The molecule has 2 atom stereocenters. The number of hydrogen-bond acceptors (Lipinski definition) is 7. The second-order valence-electron chi connectivity index (χ2n) is 7.84. The van der Waals surface area contributed by atoms with Crippen molar-refractivity contribution in [2.75, 3.05) is 10.6 Å². The fraction of sp³-hybridized carbons (Fsp3) is 0.611. The van der Waals surface area contributed by atoms with Gasteiger partial charge in [-0.3, -0.25) is 0 Å². The van der Waals surface area contributed by atoms with Crippen molar-refractivity contribution in [1.82, 2.24) is 24.9 Å². The van der Waals surface area contributed by atoms with E-state index in [2.05, 4.69) is 24.9 Å². The molecule has 0 spiro atoms. The summed E-state index contributed by atoms with van der Waals surface area (Å²) in [5.74, 6) is -6.86. The average molecular weight is 447 g/mol. The van der Waals surface area contributed by atoms with E-state index in [4.69, 9.17) is 5.73 Å². The van der Waals surface area contributed by atoms with E-state index in [-0.39, 0.29) is 49.2 Å². The molecule has 0 radical (unpaired) electrons. The third-order valence-electron chi connectivity index (χ3n) is 5.51. The summed E-state index contributed by atoms with van der Waals surface area (Å²) in [6.07, 6.45) is -3.48. The highest BCUT2D eigenvalue weighted by Gasteiger charge is 2.49. The lowest BCUT2D eigenvalue weighted by molar-refractivity contribution is 0.00541. The number of nitrogens with two attached hydrogens (primary N) is 1. The minimum Gasteiger partial charge on any atom is -0.368 e. The van der Waals surface area contributed by atoms with Crippen molar-refractivity contribution < 1.29 is 26.3 Å². The van der Waals surface area contributed by atoms with E-state index < -0.39 is 48.9 Å². The molecular formula is C18H19F6N7. The molecule has 2 unspecified atom stereocenters. The van der Waals surface area contributed by atoms with Gasteiger partial charge in [0.1, 0.15) is 5.69 Å². The first kappa shape index (κ1) is 21.5. The highest BCUT2D eigenvalue weighted by molar-refractivity contribution is 5.50. The monoisotopic (exact) mass is 447 g/mol. The molecule has 0 aromatic carbocycles. The predicted molar refractivity (Wildman–Crippen MR) is 97.9 cm³/mol. The summed E-state index contributed by atoms with van der Waals surface area (Å²) in [7, 11) is 0. The molecule has 2 fully saturated rings. The van der Waals surface area contributed by atoms with Gasteiger partial charge in [0.25, 0.3) is 6.43 Å². The molecule has 2 heterocycles. The zero-order chi connectivity index (χ0) is 22.4. The van der Waals surface area contributed by atoms with Gasteiger partial charge >= 0.3 is 0 Å². The topological polar surface area (TPSA) is 93.7 Å². The number of aromatic nitrogens is 5. The zero-order valence-corrected chi connectivity index (χ0v) is 16.2. The summed E-state index contributed by atoms with van der Waals surface area (Å²) in [6.45, 7) is 0. The molecule has 0 aliphatic heterocycles. The van der Waals surface area contributed by atoms with E-state index in [0.29, 0.717) is 0 Å². The van der Waals surface area contributed by atoms with Gasteiger partial charge in [-0.25, -0.2) is 36.3 Å². The summed E-state index contributed by atoms with van der Waals surface area (Å²) in [4.78, 5) is 20.9. The fourth-order valence-electron chi connectivity index (χ4n) is 4.15. The van der Waals surface area contributed by atoms with E-state index in [1.165, 1.54) is 4.90 Å². The Bertz CT molecular complexity index is 931. The molecule has 4 rings (SSSR count). The maximum Gasteiger partial charge on any atom is 0.280 e. The molecule has 13 heteroatoms. The first-order valence-electron chi connectivity index (χ1n) is 9.70. The normalized spacial score (nSPS) is 24.6. The van der Waals surface area contributed by atoms with Crippen molar-refractivity contribution in [3.63, 3.8) is 0 Å². The second kappa shape index (κ2) is 7.75. The molecule has 2 aliphatic rings. The Kier molecular flexibility index (Phi) is 5.38. The first-order chi connectivity index (χ1) is 14.5. The number of hydrogen-bond donors (Lipinski definition) is 1. The molecule has 2 aromatic heterocycles. The minimum atomic E-state index is -2.93. The Morgan fingerprint density at radius 1 is 0.903 bits per heavy atom. The van der Waals surface area contributed by atoms with Crippen molar-refractivity contribution >= 4 is 11.9 Å². The predicted octanol–water partition coefficient (Wildman–Crippen LogP) is 4.03. The lowest BCUT2D eigenvalue weighted by Crippen LogP contribution is -2.43. The summed E-state index contributed by atoms with van der Waals surface area (Å²) >= 11 is 0. The van der Waals surface area contributed by atoms with E-state index in [0.717, 1.165) is 12.3 Å². The highest BCUT2D eigenvalue weighted by atomic mass is 19.3. The molecule has 2 N–H and O–H groups in total. The van der Waals surface area contributed by atoms with Gasteiger partial charge in [-0.05, 0) is 18.9 Å². The van der Waals surface area contributed by atoms with Crippen LogP contribution in [0.4, 0.5) is 38.2 Å². The SMILES string of the molecule is Nc1nc(-c2nccc(C(F)F)n2)nc(N(C2CCC(F)(F)C2)C2CCC(F)(F)C2)n1. The number of halogens is 6. The van der Waals surface area contributed by atoms with Gasteiger partial charge in [0, 0.05) is 44.0 Å². The quantitative estimate of drug-likeness (QED) is 0.692. The van der Waals surface area contributed by atoms with Crippen LogP contribution in [0.2, 0.25) is 0 Å². The van der Waals surface area contributed by atoms with Gasteiger partial charge in [0.2, 0.25) is 29.6 Å². The van der Waals surface area contributed by atoms with Crippen molar-refractivity contribution in [2.24, 2.45) is 0 Å². The third-order valence-corrected chi connectivity index (χ3v) is 5.51. The molecule has 2 aromatic rings. The molecule has 0 bridgehead atoms. The molecule has 2 saturated carbocycles. The highest BCUT2D eigenvalue weighted by Crippen LogP contribution is 2.44. The number of alkyl halides is 6. The van der Waals surface area contributed by atoms with Crippen LogP contribution in [0.25, 0.3) is 11.6 Å².